The zero-order chi connectivity index (χ0) is 15.2. The molecule has 0 fully saturated rings. The van der Waals surface area contributed by atoms with Crippen molar-refractivity contribution in [1.82, 2.24) is 4.98 Å². The Morgan fingerprint density at radius 1 is 1.38 bits per heavy atom. The number of ether oxygens (including phenoxy) is 1. The Labute approximate surface area is 127 Å². The van der Waals surface area contributed by atoms with Crippen LogP contribution in [0, 0.1) is 13.8 Å². The first-order chi connectivity index (χ1) is 10.1. The van der Waals surface area contributed by atoms with Gasteiger partial charge in [-0.1, -0.05) is 23.9 Å². The Morgan fingerprint density at radius 2 is 2.14 bits per heavy atom. The number of nitrogens with zero attached hydrogens (tertiary/aromatic N) is 1. The van der Waals surface area contributed by atoms with Crippen molar-refractivity contribution in [3.8, 4) is 5.75 Å². The van der Waals surface area contributed by atoms with Gasteiger partial charge in [-0.2, -0.15) is 0 Å². The highest BCUT2D eigenvalue weighted by molar-refractivity contribution is 7.99. The Kier molecular flexibility index (Phi) is 5.27. The zero-order valence-corrected chi connectivity index (χ0v) is 12.8. The first-order valence-corrected chi connectivity index (χ1v) is 7.58. The van der Waals surface area contributed by atoms with E-state index < -0.39 is 5.97 Å². The first-order valence-electron chi connectivity index (χ1n) is 6.60. The average molecular weight is 307 g/mol. The minimum absolute atomic E-state index is 0.184. The number of aryl methyl sites for hydroxylation is 2. The second-order valence-electron chi connectivity index (χ2n) is 4.47. The van der Waals surface area contributed by atoms with E-state index in [9.17, 15) is 4.79 Å². The Bertz CT molecular complexity index is 604. The summed E-state index contributed by atoms with van der Waals surface area (Å²) in [7, 11) is 0. The second kappa shape index (κ2) is 7.17. The molecular weight excluding hydrogens is 290 g/mol. The molecule has 0 aliphatic rings. The predicted molar refractivity (Wildman–Crippen MR) is 80.2 cm³/mol. The molecule has 1 aromatic carbocycles. The Morgan fingerprint density at radius 3 is 2.81 bits per heavy atom. The number of benzene rings is 1. The molecule has 0 bridgehead atoms. The molecule has 21 heavy (non-hydrogen) atoms. The summed E-state index contributed by atoms with van der Waals surface area (Å²) in [5.41, 5.74) is 1.09. The van der Waals surface area contributed by atoms with Crippen molar-refractivity contribution < 1.29 is 19.1 Å². The molecule has 0 unspecified atom stereocenters. The molecule has 0 atom stereocenters. The van der Waals surface area contributed by atoms with Gasteiger partial charge in [0.05, 0.1) is 12.3 Å². The fourth-order valence-corrected chi connectivity index (χ4v) is 2.50. The molecule has 0 saturated carbocycles. The van der Waals surface area contributed by atoms with Gasteiger partial charge in [0.25, 0.3) is 5.22 Å². The fourth-order valence-electron chi connectivity index (χ4n) is 1.67. The number of aromatic carboxylic acids is 1. The van der Waals surface area contributed by atoms with Crippen molar-refractivity contribution >= 4 is 17.7 Å². The van der Waals surface area contributed by atoms with E-state index in [0.29, 0.717) is 17.6 Å². The van der Waals surface area contributed by atoms with Gasteiger partial charge in [0.2, 0.25) is 0 Å². The van der Waals surface area contributed by atoms with Crippen LogP contribution in [-0.2, 0) is 0 Å². The van der Waals surface area contributed by atoms with Crippen LogP contribution in [0.15, 0.2) is 33.9 Å². The van der Waals surface area contributed by atoms with Crippen molar-refractivity contribution in [3.05, 3.63) is 41.3 Å². The van der Waals surface area contributed by atoms with Crippen LogP contribution in [0.5, 0.6) is 5.75 Å². The number of oxazole rings is 1. The summed E-state index contributed by atoms with van der Waals surface area (Å²) in [4.78, 5) is 15.3. The lowest BCUT2D eigenvalue weighted by molar-refractivity contribution is 0.0692. The van der Waals surface area contributed by atoms with Gasteiger partial charge < -0.3 is 14.3 Å². The molecule has 5 nitrogen and oxygen atoms in total. The smallest absolute Gasteiger partial charge is 0.339 e. The van der Waals surface area contributed by atoms with Crippen LogP contribution in [0.3, 0.4) is 0 Å². The van der Waals surface area contributed by atoms with Crippen LogP contribution in [-0.4, -0.2) is 28.4 Å². The summed E-state index contributed by atoms with van der Waals surface area (Å²) in [5.74, 6) is 1.06. The molecule has 0 spiro atoms. The van der Waals surface area contributed by atoms with Crippen LogP contribution < -0.4 is 4.74 Å². The van der Waals surface area contributed by atoms with Crippen LogP contribution in [0.2, 0.25) is 0 Å². The van der Waals surface area contributed by atoms with E-state index in [1.807, 2.05) is 13.8 Å². The second-order valence-corrected chi connectivity index (χ2v) is 5.52. The van der Waals surface area contributed by atoms with Gasteiger partial charge in [-0.05, 0) is 32.4 Å². The maximum absolute atomic E-state index is 11.0. The van der Waals surface area contributed by atoms with Crippen LogP contribution in [0.4, 0.5) is 0 Å². The lowest BCUT2D eigenvalue weighted by Gasteiger charge is -2.08. The highest BCUT2D eigenvalue weighted by Gasteiger charge is 2.10. The van der Waals surface area contributed by atoms with Crippen LogP contribution in [0.25, 0.3) is 0 Å². The molecule has 2 rings (SSSR count). The Hall–Kier alpha value is -1.95. The summed E-state index contributed by atoms with van der Waals surface area (Å²) in [6, 6.07) is 6.64. The van der Waals surface area contributed by atoms with Crippen LogP contribution >= 0.6 is 11.8 Å². The SMILES string of the molecule is Cc1nc(SCCCOc2ccccc2C(=O)O)oc1C. The molecule has 0 aliphatic heterocycles. The molecule has 0 amide bonds. The lowest BCUT2D eigenvalue weighted by atomic mass is 10.2. The van der Waals surface area contributed by atoms with E-state index in [2.05, 4.69) is 4.98 Å². The van der Waals surface area contributed by atoms with Crippen LogP contribution in [0.1, 0.15) is 28.2 Å². The van der Waals surface area contributed by atoms with Crippen molar-refractivity contribution in [1.29, 1.82) is 0 Å². The zero-order valence-electron chi connectivity index (χ0n) is 12.0. The summed E-state index contributed by atoms with van der Waals surface area (Å²) < 4.78 is 11.0. The minimum Gasteiger partial charge on any atom is -0.493 e. The normalized spacial score (nSPS) is 10.6. The van der Waals surface area contributed by atoms with Gasteiger partial charge in [0, 0.05) is 5.75 Å². The van der Waals surface area contributed by atoms with Gasteiger partial charge in [-0.25, -0.2) is 9.78 Å². The number of rotatable bonds is 7. The monoisotopic (exact) mass is 307 g/mol. The molecule has 0 saturated heterocycles. The number of carboxylic acids is 1. The van der Waals surface area contributed by atoms with E-state index in [4.69, 9.17) is 14.3 Å². The topological polar surface area (TPSA) is 72.6 Å². The van der Waals surface area contributed by atoms with E-state index >= 15 is 0 Å². The number of aromatic nitrogens is 1. The summed E-state index contributed by atoms with van der Waals surface area (Å²) in [5, 5.41) is 9.70. The molecule has 0 aliphatic carbocycles. The van der Waals surface area contributed by atoms with Gasteiger partial charge in [-0.3, -0.25) is 0 Å². The molecule has 1 N–H and O–H groups in total. The maximum Gasteiger partial charge on any atom is 0.339 e. The van der Waals surface area contributed by atoms with Crippen molar-refractivity contribution in [2.45, 2.75) is 25.5 Å². The van der Waals surface area contributed by atoms with Crippen molar-refractivity contribution in [3.63, 3.8) is 0 Å². The summed E-state index contributed by atoms with van der Waals surface area (Å²) >= 11 is 1.53. The first kappa shape index (κ1) is 15.4. The van der Waals surface area contributed by atoms with Gasteiger partial charge in [0.15, 0.2) is 0 Å². The molecule has 1 aromatic heterocycles. The highest BCUT2D eigenvalue weighted by Crippen LogP contribution is 2.21. The van der Waals surface area contributed by atoms with E-state index in [1.54, 1.807) is 18.2 Å². The van der Waals surface area contributed by atoms with E-state index in [-0.39, 0.29) is 5.56 Å². The third kappa shape index (κ3) is 4.26. The number of carboxylic acid groups (broad SMARTS) is 1. The lowest BCUT2D eigenvalue weighted by Crippen LogP contribution is -2.04. The molecule has 0 radical (unpaired) electrons. The highest BCUT2D eigenvalue weighted by atomic mass is 32.2. The number of hydrogen-bond donors (Lipinski definition) is 1. The molecule has 1 heterocycles. The third-order valence-corrected chi connectivity index (χ3v) is 3.81. The molecular formula is C15H17NO4S. The fraction of sp³-hybridized carbons (Fsp3) is 0.333. The number of carbonyl (C=O) groups is 1. The predicted octanol–water partition coefficient (Wildman–Crippen LogP) is 3.55. The minimum atomic E-state index is -0.981. The molecule has 112 valence electrons. The summed E-state index contributed by atoms with van der Waals surface area (Å²) in [6.45, 7) is 4.25. The van der Waals surface area contributed by atoms with Gasteiger partial charge in [0.1, 0.15) is 17.1 Å². The van der Waals surface area contributed by atoms with E-state index in [1.165, 1.54) is 17.8 Å². The van der Waals surface area contributed by atoms with Gasteiger partial charge >= 0.3 is 5.97 Å². The molecule has 2 aromatic rings. The van der Waals surface area contributed by atoms with Crippen molar-refractivity contribution in [2.75, 3.05) is 12.4 Å². The average Bonchev–Trinajstić information content (AvgIpc) is 2.77. The number of hydrogen-bond acceptors (Lipinski definition) is 5. The standard InChI is InChI=1S/C15H17NO4S/c1-10-11(2)20-15(16-10)21-9-5-8-19-13-7-4-3-6-12(13)14(17)18/h3-4,6-7H,5,8-9H2,1-2H3,(H,17,18). The quantitative estimate of drug-likeness (QED) is 0.623. The van der Waals surface area contributed by atoms with Gasteiger partial charge in [-0.15, -0.1) is 0 Å². The van der Waals surface area contributed by atoms with E-state index in [0.717, 1.165) is 23.6 Å². The molecule has 6 heteroatoms. The third-order valence-electron chi connectivity index (χ3n) is 2.90. The Balaban J connectivity index is 1.76. The number of thioether (sulfide) groups is 1. The largest absolute Gasteiger partial charge is 0.493 e. The summed E-state index contributed by atoms with van der Waals surface area (Å²) in [6.07, 6.45) is 0.777. The maximum atomic E-state index is 11.0. The van der Waals surface area contributed by atoms with Crippen molar-refractivity contribution in [2.24, 2.45) is 0 Å². The number of para-hydroxylation sites is 1.